The first-order valence-corrected chi connectivity index (χ1v) is 8.74. The number of nitrogens with zero attached hydrogens (tertiary/aromatic N) is 2. The highest BCUT2D eigenvalue weighted by Crippen LogP contribution is 2.33. The maximum absolute atomic E-state index is 12.9. The molecule has 1 aromatic carbocycles. The number of anilines is 1. The van der Waals surface area contributed by atoms with Crippen molar-refractivity contribution in [3.63, 3.8) is 0 Å². The molecule has 1 rings (SSSR count). The van der Waals surface area contributed by atoms with E-state index >= 15 is 0 Å². The lowest BCUT2D eigenvalue weighted by Crippen LogP contribution is -2.39. The number of rotatable bonds is 7. The van der Waals surface area contributed by atoms with Crippen LogP contribution in [0, 0.1) is 0 Å². The Hall–Kier alpha value is -1.96. The van der Waals surface area contributed by atoms with Crippen LogP contribution in [0.5, 0.6) is 0 Å². The zero-order valence-electron chi connectivity index (χ0n) is 15.0. The Labute approximate surface area is 156 Å². The molecular weight excluding hydrogens is 371 g/mol. The van der Waals surface area contributed by atoms with Crippen molar-refractivity contribution in [2.75, 3.05) is 25.1 Å². The summed E-state index contributed by atoms with van der Waals surface area (Å²) in [5, 5.41) is 4.06. The van der Waals surface area contributed by atoms with Gasteiger partial charge >= 0.3 is 12.1 Å². The van der Waals surface area contributed by atoms with Gasteiger partial charge in [-0.25, -0.2) is 4.79 Å². The summed E-state index contributed by atoms with van der Waals surface area (Å²) in [6.07, 6.45) is -2.98. The van der Waals surface area contributed by atoms with Crippen LogP contribution in [0.25, 0.3) is 0 Å². The molecule has 0 radical (unpaired) electrons. The predicted octanol–water partition coefficient (Wildman–Crippen LogP) is 4.77. The summed E-state index contributed by atoms with van der Waals surface area (Å²) < 4.78 is 43.6. The van der Waals surface area contributed by atoms with Gasteiger partial charge in [-0.2, -0.15) is 13.2 Å². The number of benzene rings is 1. The van der Waals surface area contributed by atoms with Gasteiger partial charge in [0, 0.05) is 13.1 Å². The third kappa shape index (κ3) is 6.40. The average molecular weight is 394 g/mol. The first kappa shape index (κ1) is 22.1. The average Bonchev–Trinajstić information content (AvgIpc) is 2.56. The summed E-state index contributed by atoms with van der Waals surface area (Å²) in [5.41, 5.74) is 1.57. The van der Waals surface area contributed by atoms with E-state index < -0.39 is 17.7 Å². The molecule has 0 aliphatic carbocycles. The lowest BCUT2D eigenvalue weighted by molar-refractivity contribution is -0.137. The van der Waals surface area contributed by atoms with Crippen molar-refractivity contribution in [3.05, 3.63) is 28.8 Å². The van der Waals surface area contributed by atoms with Gasteiger partial charge in [0.05, 0.1) is 22.9 Å². The fraction of sp³-hybridized carbons (Fsp3) is 0.529. The van der Waals surface area contributed by atoms with Crippen LogP contribution in [0.1, 0.15) is 39.2 Å². The number of carbonyl (C=O) groups excluding carboxylic acids is 1. The van der Waals surface area contributed by atoms with Crippen LogP contribution in [-0.4, -0.2) is 36.4 Å². The second-order valence-corrected chi connectivity index (χ2v) is 5.85. The van der Waals surface area contributed by atoms with Gasteiger partial charge in [-0.05, 0) is 38.0 Å². The summed E-state index contributed by atoms with van der Waals surface area (Å²) in [6, 6.07) is 2.85. The molecular formula is C17H23ClF3N3O2. The van der Waals surface area contributed by atoms with Crippen molar-refractivity contribution in [2.45, 2.75) is 39.8 Å². The van der Waals surface area contributed by atoms with Crippen LogP contribution in [0.15, 0.2) is 23.3 Å². The van der Waals surface area contributed by atoms with Crippen molar-refractivity contribution in [1.82, 2.24) is 4.90 Å². The maximum atomic E-state index is 12.9. The fourth-order valence-electron chi connectivity index (χ4n) is 2.20. The Morgan fingerprint density at radius 3 is 2.35 bits per heavy atom. The maximum Gasteiger partial charge on any atom is 0.416 e. The fourth-order valence-corrected chi connectivity index (χ4v) is 2.36. The van der Waals surface area contributed by atoms with E-state index in [2.05, 4.69) is 10.5 Å². The zero-order chi connectivity index (χ0) is 19.7. The number of carbonyl (C=O) groups is 1. The van der Waals surface area contributed by atoms with E-state index in [1.54, 1.807) is 11.8 Å². The van der Waals surface area contributed by atoms with E-state index in [0.29, 0.717) is 13.1 Å². The zero-order valence-corrected chi connectivity index (χ0v) is 15.7. The normalized spacial score (nSPS) is 12.0. The lowest BCUT2D eigenvalue weighted by atomic mass is 10.2. The quantitative estimate of drug-likeness (QED) is 0.314. The van der Waals surface area contributed by atoms with Gasteiger partial charge in [0.25, 0.3) is 0 Å². The summed E-state index contributed by atoms with van der Waals surface area (Å²) >= 11 is 5.94. The van der Waals surface area contributed by atoms with Crippen molar-refractivity contribution in [2.24, 2.45) is 5.10 Å². The first-order valence-electron chi connectivity index (χ1n) is 8.37. The predicted molar refractivity (Wildman–Crippen MR) is 96.3 cm³/mol. The minimum absolute atomic E-state index is 0.00373. The number of hydrazone groups is 1. The molecule has 0 bridgehead atoms. The van der Waals surface area contributed by atoms with Gasteiger partial charge in [0.15, 0.2) is 0 Å². The molecule has 0 saturated carbocycles. The Morgan fingerprint density at radius 2 is 1.85 bits per heavy atom. The Morgan fingerprint density at radius 1 is 1.23 bits per heavy atom. The molecule has 0 saturated heterocycles. The number of nitrogens with one attached hydrogen (secondary N) is 1. The van der Waals surface area contributed by atoms with E-state index in [9.17, 15) is 18.0 Å². The molecule has 1 N–H and O–H groups in total. The third-order valence-electron chi connectivity index (χ3n) is 3.32. The molecule has 1 aromatic rings. The second kappa shape index (κ2) is 10.3. The number of esters is 1. The summed E-state index contributed by atoms with van der Waals surface area (Å²) in [6.45, 7) is 6.84. The molecule has 0 atom stereocenters. The SMILES string of the molecule is CCCN(CCC)C(=NNc1cc(C(F)(F)F)ccc1Cl)C(=O)OCC. The first-order chi connectivity index (χ1) is 12.2. The third-order valence-corrected chi connectivity index (χ3v) is 3.65. The minimum atomic E-state index is -4.51. The highest BCUT2D eigenvalue weighted by atomic mass is 35.5. The molecule has 0 amide bonds. The smallest absolute Gasteiger partial charge is 0.416 e. The van der Waals surface area contributed by atoms with Crippen molar-refractivity contribution < 1.29 is 22.7 Å². The van der Waals surface area contributed by atoms with Gasteiger partial charge in [0.2, 0.25) is 5.84 Å². The molecule has 0 aliphatic heterocycles. The van der Waals surface area contributed by atoms with E-state index in [4.69, 9.17) is 16.3 Å². The van der Waals surface area contributed by atoms with Gasteiger partial charge < -0.3 is 9.64 Å². The van der Waals surface area contributed by atoms with Crippen LogP contribution >= 0.6 is 11.6 Å². The number of ether oxygens (including phenoxy) is 1. The standard InChI is InChI=1S/C17H23ClF3N3O2/c1-4-9-24(10-5-2)15(16(25)26-6-3)23-22-14-11-12(17(19,20)21)7-8-13(14)18/h7-8,11,22H,4-6,9-10H2,1-3H3. The number of amidine groups is 1. The van der Waals surface area contributed by atoms with Crippen LogP contribution in [0.2, 0.25) is 5.02 Å². The Kier molecular flexibility index (Phi) is 8.71. The summed E-state index contributed by atoms with van der Waals surface area (Å²) in [4.78, 5) is 13.9. The van der Waals surface area contributed by atoms with E-state index in [1.165, 1.54) is 0 Å². The van der Waals surface area contributed by atoms with Crippen molar-refractivity contribution in [3.8, 4) is 0 Å². The van der Waals surface area contributed by atoms with Gasteiger partial charge in [-0.3, -0.25) is 5.43 Å². The van der Waals surface area contributed by atoms with Gasteiger partial charge in [0.1, 0.15) is 0 Å². The second-order valence-electron chi connectivity index (χ2n) is 5.45. The van der Waals surface area contributed by atoms with Crippen molar-refractivity contribution >= 4 is 29.1 Å². The number of alkyl halides is 3. The number of hydrogen-bond donors (Lipinski definition) is 1. The summed E-state index contributed by atoms with van der Waals surface area (Å²) in [5.74, 6) is -0.644. The molecule has 5 nitrogen and oxygen atoms in total. The molecule has 0 aliphatic rings. The molecule has 0 spiro atoms. The van der Waals surface area contributed by atoms with Gasteiger partial charge in [-0.1, -0.05) is 25.4 Å². The van der Waals surface area contributed by atoms with Gasteiger partial charge in [-0.15, -0.1) is 5.10 Å². The Bertz CT molecular complexity index is 630. The number of halogens is 4. The lowest BCUT2D eigenvalue weighted by Gasteiger charge is -2.23. The monoisotopic (exact) mass is 393 g/mol. The topological polar surface area (TPSA) is 53.9 Å². The highest BCUT2D eigenvalue weighted by molar-refractivity contribution is 6.35. The molecule has 26 heavy (non-hydrogen) atoms. The Balaban J connectivity index is 3.18. The van der Waals surface area contributed by atoms with Crippen LogP contribution in [0.3, 0.4) is 0 Å². The molecule has 0 unspecified atom stereocenters. The molecule has 0 fully saturated rings. The van der Waals surface area contributed by atoms with Crippen LogP contribution in [0.4, 0.5) is 18.9 Å². The molecule has 0 heterocycles. The van der Waals surface area contributed by atoms with Crippen LogP contribution < -0.4 is 5.43 Å². The molecule has 0 aromatic heterocycles. The summed E-state index contributed by atoms with van der Waals surface area (Å²) in [7, 11) is 0. The molecule has 146 valence electrons. The largest absolute Gasteiger partial charge is 0.460 e. The number of hydrogen-bond acceptors (Lipinski definition) is 4. The minimum Gasteiger partial charge on any atom is -0.460 e. The van der Waals surface area contributed by atoms with E-state index in [-0.39, 0.29) is 23.2 Å². The van der Waals surface area contributed by atoms with Crippen LogP contribution in [-0.2, 0) is 15.7 Å². The van der Waals surface area contributed by atoms with E-state index in [0.717, 1.165) is 31.0 Å². The molecule has 9 heteroatoms. The highest BCUT2D eigenvalue weighted by Gasteiger charge is 2.31. The van der Waals surface area contributed by atoms with Crippen molar-refractivity contribution in [1.29, 1.82) is 0 Å². The van der Waals surface area contributed by atoms with E-state index in [1.807, 2.05) is 13.8 Å².